The van der Waals surface area contributed by atoms with Gasteiger partial charge in [-0.05, 0) is 30.7 Å². The second-order valence-corrected chi connectivity index (χ2v) is 4.63. The van der Waals surface area contributed by atoms with Crippen LogP contribution in [0.1, 0.15) is 11.1 Å². The number of hydrogen-bond donors (Lipinski definition) is 1. The lowest BCUT2D eigenvalue weighted by atomic mass is 10.1. The summed E-state index contributed by atoms with van der Waals surface area (Å²) >= 11 is 0. The topological polar surface area (TPSA) is 48.3 Å². The van der Waals surface area contributed by atoms with Crippen molar-refractivity contribution in [1.82, 2.24) is 15.1 Å². The van der Waals surface area contributed by atoms with Crippen LogP contribution in [0.2, 0.25) is 0 Å². The average molecular weight is 287 g/mol. The van der Waals surface area contributed by atoms with Gasteiger partial charge in [0.05, 0.1) is 20.4 Å². The second-order valence-electron chi connectivity index (χ2n) is 4.63. The predicted molar refractivity (Wildman–Crippen MR) is 83.6 cm³/mol. The van der Waals surface area contributed by atoms with Crippen LogP contribution in [0.15, 0.2) is 37.2 Å². The Morgan fingerprint density at radius 1 is 1.24 bits per heavy atom. The van der Waals surface area contributed by atoms with Crippen molar-refractivity contribution in [3.63, 3.8) is 0 Å². The Kier molecular flexibility index (Phi) is 5.40. The summed E-state index contributed by atoms with van der Waals surface area (Å²) in [7, 11) is 3.29. The van der Waals surface area contributed by atoms with Crippen molar-refractivity contribution in [1.29, 1.82) is 0 Å². The number of ether oxygens (including phenoxy) is 2. The summed E-state index contributed by atoms with van der Waals surface area (Å²) in [6.45, 7) is 5.35. The zero-order chi connectivity index (χ0) is 15.1. The normalized spacial score (nSPS) is 10.4. The van der Waals surface area contributed by atoms with Gasteiger partial charge in [-0.1, -0.05) is 12.6 Å². The van der Waals surface area contributed by atoms with Crippen molar-refractivity contribution >= 4 is 6.20 Å². The fourth-order valence-electron chi connectivity index (χ4n) is 2.07. The molecule has 1 N–H and O–H groups in total. The van der Waals surface area contributed by atoms with Crippen molar-refractivity contribution in [3.8, 4) is 11.5 Å². The number of nitrogens with zero attached hydrogens (tertiary/aromatic N) is 2. The zero-order valence-corrected chi connectivity index (χ0v) is 12.5. The lowest BCUT2D eigenvalue weighted by molar-refractivity contribution is 0.354. The van der Waals surface area contributed by atoms with Crippen LogP contribution < -0.4 is 14.8 Å². The van der Waals surface area contributed by atoms with Crippen LogP contribution in [0, 0.1) is 0 Å². The Bertz CT molecular complexity index is 593. The number of hydrogen-bond acceptors (Lipinski definition) is 4. The van der Waals surface area contributed by atoms with Gasteiger partial charge in [0, 0.05) is 24.5 Å². The molecule has 0 amide bonds. The van der Waals surface area contributed by atoms with Gasteiger partial charge in [0.1, 0.15) is 0 Å². The molecular formula is C16H21N3O2. The van der Waals surface area contributed by atoms with E-state index < -0.39 is 0 Å². The highest BCUT2D eigenvalue weighted by Gasteiger charge is 2.04. The molecule has 0 fully saturated rings. The van der Waals surface area contributed by atoms with Gasteiger partial charge in [-0.25, -0.2) is 4.68 Å². The molecule has 5 nitrogen and oxygen atoms in total. The molecule has 1 aromatic carbocycles. The van der Waals surface area contributed by atoms with Crippen LogP contribution in [0.3, 0.4) is 0 Å². The molecule has 2 rings (SSSR count). The number of aromatic nitrogens is 2. The van der Waals surface area contributed by atoms with Crippen LogP contribution in [-0.4, -0.2) is 30.5 Å². The number of nitrogens with one attached hydrogen (secondary N) is 1. The molecule has 0 spiro atoms. The first-order valence-corrected chi connectivity index (χ1v) is 6.84. The van der Waals surface area contributed by atoms with Gasteiger partial charge < -0.3 is 14.8 Å². The molecule has 0 atom stereocenters. The Morgan fingerprint density at radius 3 is 2.71 bits per heavy atom. The Hall–Kier alpha value is -2.27. The lowest BCUT2D eigenvalue weighted by Crippen LogP contribution is -2.16. The summed E-state index contributed by atoms with van der Waals surface area (Å²) in [4.78, 5) is 0. The molecule has 0 bridgehead atoms. The molecule has 0 unspecified atom stereocenters. The van der Waals surface area contributed by atoms with Crippen molar-refractivity contribution in [2.75, 3.05) is 20.8 Å². The maximum absolute atomic E-state index is 5.30. The number of rotatable bonds is 8. The van der Waals surface area contributed by atoms with Crippen LogP contribution >= 0.6 is 0 Å². The molecule has 1 aromatic heterocycles. The van der Waals surface area contributed by atoms with Crippen LogP contribution in [0.5, 0.6) is 11.5 Å². The molecule has 0 aliphatic heterocycles. The molecule has 112 valence electrons. The summed E-state index contributed by atoms with van der Waals surface area (Å²) in [5.41, 5.74) is 2.35. The van der Waals surface area contributed by atoms with Crippen molar-refractivity contribution in [3.05, 3.63) is 48.3 Å². The van der Waals surface area contributed by atoms with E-state index in [9.17, 15) is 0 Å². The van der Waals surface area contributed by atoms with E-state index in [4.69, 9.17) is 9.47 Å². The number of benzene rings is 1. The predicted octanol–water partition coefficient (Wildman–Crippen LogP) is 2.33. The molecule has 5 heteroatoms. The summed E-state index contributed by atoms with van der Waals surface area (Å²) < 4.78 is 12.2. The van der Waals surface area contributed by atoms with Gasteiger partial charge in [0.15, 0.2) is 11.5 Å². The first-order chi connectivity index (χ1) is 10.3. The van der Waals surface area contributed by atoms with E-state index >= 15 is 0 Å². The average Bonchev–Trinajstić information content (AvgIpc) is 2.99. The van der Waals surface area contributed by atoms with Gasteiger partial charge in [-0.3, -0.25) is 0 Å². The van der Waals surface area contributed by atoms with Crippen LogP contribution in [0.25, 0.3) is 6.20 Å². The van der Waals surface area contributed by atoms with E-state index in [1.807, 2.05) is 24.5 Å². The zero-order valence-electron chi connectivity index (χ0n) is 12.5. The quantitative estimate of drug-likeness (QED) is 0.757. The molecule has 0 saturated heterocycles. The van der Waals surface area contributed by atoms with Gasteiger partial charge in [-0.2, -0.15) is 5.10 Å². The van der Waals surface area contributed by atoms with Crippen LogP contribution in [0.4, 0.5) is 0 Å². The summed E-state index contributed by atoms with van der Waals surface area (Å²) in [6, 6.07) is 6.00. The fourth-order valence-corrected chi connectivity index (χ4v) is 2.07. The molecule has 21 heavy (non-hydrogen) atoms. The molecule has 1 heterocycles. The van der Waals surface area contributed by atoms with Gasteiger partial charge >= 0.3 is 0 Å². The highest BCUT2D eigenvalue weighted by atomic mass is 16.5. The van der Waals surface area contributed by atoms with E-state index in [-0.39, 0.29) is 0 Å². The summed E-state index contributed by atoms with van der Waals surface area (Å²) in [5.74, 6) is 1.52. The van der Waals surface area contributed by atoms with Crippen molar-refractivity contribution in [2.45, 2.75) is 13.0 Å². The molecule has 0 radical (unpaired) electrons. The summed E-state index contributed by atoms with van der Waals surface area (Å²) in [5, 5.41) is 7.54. The third-order valence-corrected chi connectivity index (χ3v) is 3.21. The molecule has 0 aliphatic rings. The maximum Gasteiger partial charge on any atom is 0.160 e. The highest BCUT2D eigenvalue weighted by Crippen LogP contribution is 2.27. The Balaban J connectivity index is 1.81. The Morgan fingerprint density at radius 2 is 2.05 bits per heavy atom. The minimum atomic E-state index is 0.756. The minimum Gasteiger partial charge on any atom is -0.493 e. The monoisotopic (exact) mass is 287 g/mol. The van der Waals surface area contributed by atoms with E-state index in [1.54, 1.807) is 25.1 Å². The van der Waals surface area contributed by atoms with E-state index in [1.165, 1.54) is 5.56 Å². The SMILES string of the molecule is C=Cn1cc(CNCCc2ccc(OC)c(OC)c2)cn1. The first kappa shape index (κ1) is 15.1. The molecular weight excluding hydrogens is 266 g/mol. The molecule has 0 aliphatic carbocycles. The maximum atomic E-state index is 5.30. The molecule has 2 aromatic rings. The van der Waals surface area contributed by atoms with Crippen LogP contribution in [-0.2, 0) is 13.0 Å². The van der Waals surface area contributed by atoms with Gasteiger partial charge in [0.2, 0.25) is 0 Å². The third-order valence-electron chi connectivity index (χ3n) is 3.21. The Labute approximate surface area is 125 Å². The van der Waals surface area contributed by atoms with Gasteiger partial charge in [0.25, 0.3) is 0 Å². The number of methoxy groups -OCH3 is 2. The van der Waals surface area contributed by atoms with Crippen molar-refractivity contribution < 1.29 is 9.47 Å². The minimum absolute atomic E-state index is 0.756. The standard InChI is InChI=1S/C16H21N3O2/c1-4-19-12-14(11-18-19)10-17-8-7-13-5-6-15(20-2)16(9-13)21-3/h4-6,9,11-12,17H,1,7-8,10H2,2-3H3. The van der Waals surface area contributed by atoms with E-state index in [0.29, 0.717) is 0 Å². The summed E-state index contributed by atoms with van der Waals surface area (Å²) in [6.07, 6.45) is 6.39. The molecule has 0 saturated carbocycles. The second kappa shape index (κ2) is 7.50. The lowest BCUT2D eigenvalue weighted by Gasteiger charge is -2.09. The third kappa shape index (κ3) is 4.10. The van der Waals surface area contributed by atoms with Gasteiger partial charge in [-0.15, -0.1) is 0 Å². The largest absolute Gasteiger partial charge is 0.493 e. The van der Waals surface area contributed by atoms with E-state index in [0.717, 1.165) is 36.6 Å². The van der Waals surface area contributed by atoms with E-state index in [2.05, 4.69) is 23.1 Å². The fraction of sp³-hybridized carbons (Fsp3) is 0.312. The first-order valence-electron chi connectivity index (χ1n) is 6.84. The highest BCUT2D eigenvalue weighted by molar-refractivity contribution is 5.42. The smallest absolute Gasteiger partial charge is 0.160 e. The van der Waals surface area contributed by atoms with Crippen molar-refractivity contribution in [2.24, 2.45) is 0 Å².